The maximum atomic E-state index is 11.6. The zero-order valence-electron chi connectivity index (χ0n) is 11.1. The number of halogens is 1. The maximum Gasteiger partial charge on any atom is 0.329 e. The fraction of sp³-hybridized carbons (Fsp3) is 0.188. The van der Waals surface area contributed by atoms with Gasteiger partial charge < -0.3 is 10.4 Å². The molecule has 0 aromatic heterocycles. The van der Waals surface area contributed by atoms with Gasteiger partial charge in [-0.15, -0.1) is 0 Å². The van der Waals surface area contributed by atoms with Gasteiger partial charge in [-0.1, -0.05) is 30.3 Å². The van der Waals surface area contributed by atoms with E-state index < -0.39 is 11.5 Å². The summed E-state index contributed by atoms with van der Waals surface area (Å²) in [5, 5.41) is 12.7. The molecule has 4 heteroatoms. The van der Waals surface area contributed by atoms with Crippen molar-refractivity contribution in [2.75, 3.05) is 5.32 Å². The molecule has 20 heavy (non-hydrogen) atoms. The Balaban J connectivity index is 2.21. The van der Waals surface area contributed by atoms with E-state index in [-0.39, 0.29) is 0 Å². The Labute approximate surface area is 132 Å². The van der Waals surface area contributed by atoms with Crippen LogP contribution < -0.4 is 5.32 Å². The highest BCUT2D eigenvalue weighted by Crippen LogP contribution is 2.21. The molecule has 3 nitrogen and oxygen atoms in total. The summed E-state index contributed by atoms with van der Waals surface area (Å²) >= 11 is 2.22. The molecular weight excluding hydrogens is 365 g/mol. The van der Waals surface area contributed by atoms with E-state index in [1.807, 2.05) is 54.6 Å². The zero-order chi connectivity index (χ0) is 14.6. The van der Waals surface area contributed by atoms with Gasteiger partial charge in [0.05, 0.1) is 0 Å². The molecule has 0 spiro atoms. The molecule has 0 heterocycles. The van der Waals surface area contributed by atoms with E-state index >= 15 is 0 Å². The number of rotatable bonds is 5. The van der Waals surface area contributed by atoms with Gasteiger partial charge in [0, 0.05) is 15.7 Å². The summed E-state index contributed by atoms with van der Waals surface area (Å²) in [6.07, 6.45) is 0.426. The van der Waals surface area contributed by atoms with Crippen LogP contribution in [0.2, 0.25) is 0 Å². The summed E-state index contributed by atoms with van der Waals surface area (Å²) in [6.45, 7) is 1.71. The second-order valence-corrected chi connectivity index (χ2v) is 6.18. The Morgan fingerprint density at radius 3 is 2.30 bits per heavy atom. The number of benzene rings is 2. The average molecular weight is 381 g/mol. The molecule has 0 saturated carbocycles. The highest BCUT2D eigenvalue weighted by Gasteiger charge is 2.33. The topological polar surface area (TPSA) is 49.3 Å². The molecule has 1 unspecified atom stereocenters. The van der Waals surface area contributed by atoms with Crippen LogP contribution in [0.25, 0.3) is 0 Å². The number of nitrogens with one attached hydrogen (secondary N) is 1. The van der Waals surface area contributed by atoms with Crippen molar-refractivity contribution in [1.29, 1.82) is 0 Å². The van der Waals surface area contributed by atoms with Crippen LogP contribution in [-0.4, -0.2) is 16.6 Å². The van der Waals surface area contributed by atoms with E-state index in [9.17, 15) is 9.90 Å². The Kier molecular flexibility index (Phi) is 4.65. The number of carboxylic acid groups (broad SMARTS) is 1. The highest BCUT2D eigenvalue weighted by molar-refractivity contribution is 14.1. The Bertz CT molecular complexity index is 583. The molecule has 0 aliphatic heterocycles. The molecule has 0 radical (unpaired) electrons. The number of carbonyl (C=O) groups is 1. The zero-order valence-corrected chi connectivity index (χ0v) is 13.3. The first-order valence-corrected chi connectivity index (χ1v) is 7.38. The lowest BCUT2D eigenvalue weighted by atomic mass is 9.92. The normalized spacial score (nSPS) is 13.5. The van der Waals surface area contributed by atoms with E-state index in [0.717, 1.165) is 14.8 Å². The minimum absolute atomic E-state index is 0.426. The van der Waals surface area contributed by atoms with E-state index in [1.165, 1.54) is 0 Å². The molecule has 2 aromatic carbocycles. The molecular formula is C16H16INO2. The van der Waals surface area contributed by atoms with Gasteiger partial charge in [0.1, 0.15) is 5.54 Å². The van der Waals surface area contributed by atoms with Crippen LogP contribution in [0, 0.1) is 3.57 Å². The van der Waals surface area contributed by atoms with Gasteiger partial charge in [-0.05, 0) is 59.3 Å². The lowest BCUT2D eigenvalue weighted by Crippen LogP contribution is -2.45. The van der Waals surface area contributed by atoms with Crippen LogP contribution in [0.4, 0.5) is 5.69 Å². The second-order valence-electron chi connectivity index (χ2n) is 4.93. The Hall–Kier alpha value is -1.56. The number of hydrogen-bond acceptors (Lipinski definition) is 2. The number of hydrogen-bond donors (Lipinski definition) is 2. The van der Waals surface area contributed by atoms with Gasteiger partial charge >= 0.3 is 5.97 Å². The summed E-state index contributed by atoms with van der Waals surface area (Å²) in [5.41, 5.74) is 0.774. The predicted octanol–water partition coefficient (Wildman–Crippen LogP) is 3.79. The SMILES string of the molecule is CC(Cc1ccccc1)(Nc1ccc(I)cc1)C(=O)O. The first-order chi connectivity index (χ1) is 9.49. The smallest absolute Gasteiger partial charge is 0.329 e. The second kappa shape index (κ2) is 6.26. The van der Waals surface area contributed by atoms with Crippen molar-refractivity contribution in [3.63, 3.8) is 0 Å². The molecule has 2 rings (SSSR count). The summed E-state index contributed by atoms with van der Waals surface area (Å²) in [7, 11) is 0. The molecule has 2 N–H and O–H groups in total. The quantitative estimate of drug-likeness (QED) is 0.775. The average Bonchev–Trinajstić information content (AvgIpc) is 2.42. The van der Waals surface area contributed by atoms with Gasteiger partial charge in [0.2, 0.25) is 0 Å². The molecule has 0 aliphatic rings. The summed E-state index contributed by atoms with van der Waals surface area (Å²) in [4.78, 5) is 11.6. The number of anilines is 1. The van der Waals surface area contributed by atoms with E-state index in [1.54, 1.807) is 6.92 Å². The van der Waals surface area contributed by atoms with Gasteiger partial charge in [-0.2, -0.15) is 0 Å². The van der Waals surface area contributed by atoms with Crippen molar-refractivity contribution in [1.82, 2.24) is 0 Å². The van der Waals surface area contributed by atoms with Crippen molar-refractivity contribution in [2.24, 2.45) is 0 Å². The standard InChI is InChI=1S/C16H16INO2/c1-16(15(19)20,11-12-5-3-2-4-6-12)18-14-9-7-13(17)8-10-14/h2-10,18H,11H2,1H3,(H,19,20). The molecule has 0 amide bonds. The highest BCUT2D eigenvalue weighted by atomic mass is 127. The third-order valence-corrected chi connectivity index (χ3v) is 3.86. The molecule has 0 fully saturated rings. The summed E-state index contributed by atoms with van der Waals surface area (Å²) in [6, 6.07) is 17.3. The van der Waals surface area contributed by atoms with Crippen LogP contribution in [0.1, 0.15) is 12.5 Å². The number of aliphatic carboxylic acids is 1. The summed E-state index contributed by atoms with van der Waals surface area (Å²) < 4.78 is 1.12. The minimum atomic E-state index is -1.03. The van der Waals surface area contributed by atoms with Crippen LogP contribution in [0.3, 0.4) is 0 Å². The largest absolute Gasteiger partial charge is 0.480 e. The van der Waals surface area contributed by atoms with Crippen molar-refractivity contribution in [3.8, 4) is 0 Å². The van der Waals surface area contributed by atoms with Crippen LogP contribution >= 0.6 is 22.6 Å². The monoisotopic (exact) mass is 381 g/mol. The van der Waals surface area contributed by atoms with Crippen molar-refractivity contribution >= 4 is 34.2 Å². The predicted molar refractivity (Wildman–Crippen MR) is 89.0 cm³/mol. The summed E-state index contributed by atoms with van der Waals surface area (Å²) in [5.74, 6) is -0.861. The minimum Gasteiger partial charge on any atom is -0.480 e. The third-order valence-electron chi connectivity index (χ3n) is 3.14. The van der Waals surface area contributed by atoms with Gasteiger partial charge in [0.15, 0.2) is 0 Å². The molecule has 0 bridgehead atoms. The van der Waals surface area contributed by atoms with Crippen LogP contribution in [-0.2, 0) is 11.2 Å². The van der Waals surface area contributed by atoms with E-state index in [4.69, 9.17) is 0 Å². The molecule has 1 atom stereocenters. The first-order valence-electron chi connectivity index (χ1n) is 6.31. The Morgan fingerprint density at radius 1 is 1.15 bits per heavy atom. The fourth-order valence-electron chi connectivity index (χ4n) is 2.03. The van der Waals surface area contributed by atoms with E-state index in [0.29, 0.717) is 6.42 Å². The molecule has 0 aliphatic carbocycles. The Morgan fingerprint density at radius 2 is 1.75 bits per heavy atom. The molecule has 104 valence electrons. The molecule has 2 aromatic rings. The van der Waals surface area contributed by atoms with Gasteiger partial charge in [-0.25, -0.2) is 4.79 Å². The van der Waals surface area contributed by atoms with Crippen molar-refractivity contribution < 1.29 is 9.90 Å². The third kappa shape index (κ3) is 3.72. The lowest BCUT2D eigenvalue weighted by molar-refractivity contribution is -0.141. The number of carboxylic acids is 1. The molecule has 0 saturated heterocycles. The van der Waals surface area contributed by atoms with Gasteiger partial charge in [0.25, 0.3) is 0 Å². The fourth-order valence-corrected chi connectivity index (χ4v) is 2.39. The lowest BCUT2D eigenvalue weighted by Gasteiger charge is -2.27. The first kappa shape index (κ1) is 14.8. The van der Waals surface area contributed by atoms with E-state index in [2.05, 4.69) is 27.9 Å². The maximum absolute atomic E-state index is 11.6. The van der Waals surface area contributed by atoms with Crippen LogP contribution in [0.5, 0.6) is 0 Å². The van der Waals surface area contributed by atoms with Crippen molar-refractivity contribution in [2.45, 2.75) is 18.9 Å². The van der Waals surface area contributed by atoms with Crippen molar-refractivity contribution in [3.05, 3.63) is 63.7 Å². The van der Waals surface area contributed by atoms with Crippen LogP contribution in [0.15, 0.2) is 54.6 Å². The van der Waals surface area contributed by atoms with Gasteiger partial charge in [-0.3, -0.25) is 0 Å².